The van der Waals surface area contributed by atoms with E-state index in [-0.39, 0.29) is 64.1 Å². The van der Waals surface area contributed by atoms with Gasteiger partial charge in [0.15, 0.2) is 0 Å². The van der Waals surface area contributed by atoms with E-state index in [9.17, 15) is 36.6 Å². The zero-order valence-electron chi connectivity index (χ0n) is 26.4. The van der Waals surface area contributed by atoms with Gasteiger partial charge in [-0.25, -0.2) is 18.4 Å². The third-order valence-corrected chi connectivity index (χ3v) is 9.64. The van der Waals surface area contributed by atoms with Crippen LogP contribution in [0.15, 0.2) is 48.0 Å². The molecule has 262 valence electrons. The van der Waals surface area contributed by atoms with Crippen LogP contribution in [0.2, 0.25) is 0 Å². The van der Waals surface area contributed by atoms with Crippen LogP contribution in [-0.4, -0.2) is 57.1 Å². The molecular weight excluding hydrogens is 685 g/mol. The lowest BCUT2D eigenvalue weighted by Crippen LogP contribution is -2.51. The highest BCUT2D eigenvalue weighted by atomic mass is 32.1. The number of aliphatic hydroxyl groups is 1. The number of pyridine rings is 1. The highest BCUT2D eigenvalue weighted by molar-refractivity contribution is 7.17. The number of benzene rings is 2. The number of carbonyl (C=O) groups is 2. The third-order valence-electron chi connectivity index (χ3n) is 8.63. The number of fused-ring (bicyclic) bond motifs is 2. The van der Waals surface area contributed by atoms with Gasteiger partial charge < -0.3 is 25.6 Å². The average Bonchev–Trinajstić information content (AvgIpc) is 3.93. The van der Waals surface area contributed by atoms with Gasteiger partial charge >= 0.3 is 6.18 Å². The topological polar surface area (TPSA) is 142 Å². The Bertz CT molecular complexity index is 2160. The Hall–Kier alpha value is -4.83. The predicted molar refractivity (Wildman–Crippen MR) is 173 cm³/mol. The fourth-order valence-corrected chi connectivity index (χ4v) is 6.64. The number of rotatable bonds is 12. The summed E-state index contributed by atoms with van der Waals surface area (Å²) >= 11 is 0.987. The second-order valence-corrected chi connectivity index (χ2v) is 13.3. The molecule has 3 heterocycles. The number of alkyl halides is 4. The van der Waals surface area contributed by atoms with Crippen molar-refractivity contribution in [2.75, 3.05) is 13.2 Å². The summed E-state index contributed by atoms with van der Waals surface area (Å²) < 4.78 is 87.3. The highest BCUT2D eigenvalue weighted by Gasteiger charge is 2.57. The summed E-state index contributed by atoms with van der Waals surface area (Å²) in [6.07, 6.45) is -2.65. The predicted octanol–water partition coefficient (Wildman–Crippen LogP) is 6.02. The van der Waals surface area contributed by atoms with Crippen LogP contribution in [0.25, 0.3) is 32.2 Å². The number of primary amides is 1. The number of nitrogens with one attached hydrogen (secondary N) is 1. The van der Waals surface area contributed by atoms with Gasteiger partial charge in [0.25, 0.3) is 5.91 Å². The fourth-order valence-electron chi connectivity index (χ4n) is 5.68. The Labute approximate surface area is 285 Å². The number of nitrogens with zero attached hydrogens (tertiary/aromatic N) is 3. The molecule has 10 nitrogen and oxygen atoms in total. The van der Waals surface area contributed by atoms with Crippen molar-refractivity contribution in [3.05, 3.63) is 70.6 Å². The lowest BCUT2D eigenvalue weighted by atomic mass is 9.93. The summed E-state index contributed by atoms with van der Waals surface area (Å²) in [4.78, 5) is 29.8. The van der Waals surface area contributed by atoms with Crippen molar-refractivity contribution in [1.82, 2.24) is 20.1 Å². The van der Waals surface area contributed by atoms with Crippen molar-refractivity contribution < 1.29 is 46.1 Å². The minimum absolute atomic E-state index is 0.0256. The van der Waals surface area contributed by atoms with Crippen molar-refractivity contribution in [2.24, 2.45) is 5.73 Å². The molecule has 1 atom stereocenters. The van der Waals surface area contributed by atoms with Crippen LogP contribution in [0.4, 0.5) is 22.0 Å². The molecule has 0 spiro atoms. The zero-order chi connectivity index (χ0) is 35.6. The third kappa shape index (κ3) is 6.10. The number of ether oxygens (including phenoxy) is 2. The molecule has 4 N–H and O–H groups in total. The van der Waals surface area contributed by atoms with Crippen molar-refractivity contribution in [3.8, 4) is 22.8 Å². The van der Waals surface area contributed by atoms with Gasteiger partial charge in [0.05, 0.1) is 36.1 Å². The zero-order valence-corrected chi connectivity index (χ0v) is 27.3. The smallest absolute Gasteiger partial charge is 0.424 e. The molecule has 2 fully saturated rings. The van der Waals surface area contributed by atoms with Crippen LogP contribution in [-0.2, 0) is 22.6 Å². The van der Waals surface area contributed by atoms with E-state index >= 15 is 0 Å². The first-order valence-corrected chi connectivity index (χ1v) is 16.7. The number of nitrogens with two attached hydrogens (primary N) is 1. The lowest BCUT2D eigenvalue weighted by molar-refractivity contribution is -0.265. The number of hydrogen-bond donors (Lipinski definition) is 3. The van der Waals surface area contributed by atoms with Crippen LogP contribution < -0.4 is 20.5 Å². The number of thiophene rings is 1. The summed E-state index contributed by atoms with van der Waals surface area (Å²) in [5.41, 5.74) is 0.814. The molecule has 2 aromatic carbocycles. The largest absolute Gasteiger partial charge is 0.491 e. The first kappa shape index (κ1) is 33.7. The molecule has 5 aromatic rings. The van der Waals surface area contributed by atoms with Crippen molar-refractivity contribution >= 4 is 44.1 Å². The van der Waals surface area contributed by atoms with Gasteiger partial charge in [0, 0.05) is 51.9 Å². The van der Waals surface area contributed by atoms with Crippen LogP contribution >= 0.6 is 11.3 Å². The molecule has 2 saturated carbocycles. The second kappa shape index (κ2) is 12.2. The summed E-state index contributed by atoms with van der Waals surface area (Å²) in [7, 11) is 0. The Morgan fingerprint density at radius 3 is 2.62 bits per heavy atom. The minimum Gasteiger partial charge on any atom is -0.491 e. The first-order valence-electron chi connectivity index (χ1n) is 15.8. The molecule has 2 aliphatic carbocycles. The maximum Gasteiger partial charge on any atom is 0.424 e. The van der Waals surface area contributed by atoms with E-state index in [1.165, 1.54) is 35.8 Å². The van der Waals surface area contributed by atoms with E-state index in [2.05, 4.69) is 15.4 Å². The minimum atomic E-state index is -5.41. The first-order chi connectivity index (χ1) is 23.7. The Balaban J connectivity index is 1.28. The molecule has 2 amide bonds. The monoisotopic (exact) mass is 715 g/mol. The molecule has 7 rings (SSSR count). The van der Waals surface area contributed by atoms with E-state index in [0.717, 1.165) is 34.9 Å². The van der Waals surface area contributed by atoms with Crippen molar-refractivity contribution in [1.29, 1.82) is 0 Å². The normalized spacial score (nSPS) is 16.7. The summed E-state index contributed by atoms with van der Waals surface area (Å²) in [6.45, 7) is 0.246. The SMILES string of the molecule is CCOc1c(CC(N)=O)cc([C@@](O)(CNC(=O)c2cc(OC3CC3)c3nn(C4(F)CC4)cc3c2)C(F)(F)F)nc1-c1csc2c(F)cccc12. The molecule has 0 saturated heterocycles. The van der Waals surface area contributed by atoms with E-state index in [4.69, 9.17) is 15.2 Å². The molecule has 0 bridgehead atoms. The number of carbonyl (C=O) groups excluding carboxylic acids is 2. The van der Waals surface area contributed by atoms with E-state index in [0.29, 0.717) is 16.3 Å². The quantitative estimate of drug-likeness (QED) is 0.134. The summed E-state index contributed by atoms with van der Waals surface area (Å²) in [6, 6.07) is 7.74. The number of halogens is 5. The molecule has 0 unspecified atom stereocenters. The average molecular weight is 716 g/mol. The Morgan fingerprint density at radius 2 is 1.96 bits per heavy atom. The van der Waals surface area contributed by atoms with Gasteiger partial charge in [-0.3, -0.25) is 9.59 Å². The molecule has 0 radical (unpaired) electrons. The fraction of sp³-hybridized carbons (Fsp3) is 0.353. The molecule has 0 aliphatic heterocycles. The van der Waals surface area contributed by atoms with E-state index in [1.54, 1.807) is 13.0 Å². The van der Waals surface area contributed by atoms with Crippen molar-refractivity contribution in [2.45, 2.75) is 62.7 Å². The lowest BCUT2D eigenvalue weighted by Gasteiger charge is -2.31. The second-order valence-electron chi connectivity index (χ2n) is 12.4. The van der Waals surface area contributed by atoms with Crippen LogP contribution in [0.1, 0.15) is 54.2 Å². The Morgan fingerprint density at radius 1 is 1.20 bits per heavy atom. The maximum atomic E-state index is 14.9. The molecule has 16 heteroatoms. The molecule has 3 aromatic heterocycles. The highest BCUT2D eigenvalue weighted by Crippen LogP contribution is 2.47. The van der Waals surface area contributed by atoms with Gasteiger partial charge in [0.2, 0.25) is 17.3 Å². The maximum absolute atomic E-state index is 14.9. The van der Waals surface area contributed by atoms with Gasteiger partial charge in [-0.1, -0.05) is 12.1 Å². The van der Waals surface area contributed by atoms with Crippen LogP contribution in [0.5, 0.6) is 11.5 Å². The summed E-state index contributed by atoms with van der Waals surface area (Å²) in [5, 5.41) is 20.1. The van der Waals surface area contributed by atoms with E-state index in [1.807, 2.05) is 0 Å². The van der Waals surface area contributed by atoms with E-state index < -0.39 is 53.9 Å². The number of hydrogen-bond acceptors (Lipinski definition) is 8. The molecule has 50 heavy (non-hydrogen) atoms. The van der Waals surface area contributed by atoms with Gasteiger partial charge in [-0.05, 0) is 44.0 Å². The Kier molecular flexibility index (Phi) is 8.21. The van der Waals surface area contributed by atoms with Crippen LogP contribution in [0, 0.1) is 5.82 Å². The van der Waals surface area contributed by atoms with Gasteiger partial charge in [0.1, 0.15) is 28.5 Å². The standard InChI is InChI=1S/C34H30F5N5O5S/c1-2-48-29-17(13-26(40)45)12-25(42-28(29)22-15-50-30-21(22)4-3-5-23(30)35)33(47,34(37,38)39)16-41-31(46)18-10-19-14-44(32(36)8-9-32)43-27(19)24(11-18)49-20-6-7-20/h3-5,10-12,14-15,20,47H,2,6-9,13,16H2,1H3,(H2,40,45)(H,41,46)/t33-/m0/s1. The summed E-state index contributed by atoms with van der Waals surface area (Å²) in [5.74, 6) is -3.99. The molecule has 2 aliphatic rings. The van der Waals surface area contributed by atoms with Gasteiger partial charge in [-0.15, -0.1) is 11.3 Å². The van der Waals surface area contributed by atoms with Gasteiger partial charge in [-0.2, -0.15) is 18.3 Å². The number of aromatic nitrogens is 3. The van der Waals surface area contributed by atoms with Crippen LogP contribution in [0.3, 0.4) is 0 Å². The molecular formula is C34H30F5N5O5S. The van der Waals surface area contributed by atoms with Crippen molar-refractivity contribution in [3.63, 3.8) is 0 Å². The number of amides is 2.